The summed E-state index contributed by atoms with van der Waals surface area (Å²) < 4.78 is 11.7. The van der Waals surface area contributed by atoms with Gasteiger partial charge in [-0.3, -0.25) is 9.69 Å². The Morgan fingerprint density at radius 3 is 2.77 bits per heavy atom. The van der Waals surface area contributed by atoms with Crippen molar-refractivity contribution in [1.29, 1.82) is 5.26 Å². The second kappa shape index (κ2) is 12.9. The average molecular weight is 659 g/mol. The topological polar surface area (TPSA) is 154 Å². The van der Waals surface area contributed by atoms with Crippen LogP contribution in [0.3, 0.4) is 0 Å². The molecule has 3 aromatic rings. The number of hydrogen-bond donors (Lipinski definition) is 1. The van der Waals surface area contributed by atoms with Crippen molar-refractivity contribution in [3.05, 3.63) is 40.6 Å². The van der Waals surface area contributed by atoms with Gasteiger partial charge in [0.2, 0.25) is 23.6 Å². The number of rotatable bonds is 6. The van der Waals surface area contributed by atoms with Gasteiger partial charge in [-0.1, -0.05) is 11.7 Å². The molecule has 0 aromatic carbocycles. The second-order valence-electron chi connectivity index (χ2n) is 13.2. The highest BCUT2D eigenvalue weighted by Crippen LogP contribution is 2.48. The monoisotopic (exact) mass is 658 g/mol. The Kier molecular flexibility index (Phi) is 8.63. The zero-order valence-electron chi connectivity index (χ0n) is 27.2. The quantitative estimate of drug-likeness (QED) is 0.387. The van der Waals surface area contributed by atoms with E-state index in [0.717, 1.165) is 81.2 Å². The molecule has 3 atom stereocenters. The van der Waals surface area contributed by atoms with Gasteiger partial charge in [0.15, 0.2) is 0 Å². The first-order valence-electron chi connectivity index (χ1n) is 16.6. The maximum Gasteiger partial charge on any atom is 0.246 e. The molecule has 4 aliphatic rings. The highest BCUT2D eigenvalue weighted by Gasteiger charge is 2.43. The van der Waals surface area contributed by atoms with Gasteiger partial charge in [-0.05, 0) is 52.0 Å². The number of carbonyl (C=O) groups excluding carboxylic acids is 1. The number of aromatic nitrogens is 4. The van der Waals surface area contributed by atoms with Gasteiger partial charge in [0.25, 0.3) is 0 Å². The second-order valence-corrected chi connectivity index (χ2v) is 14.3. The third kappa shape index (κ3) is 5.85. The van der Waals surface area contributed by atoms with Gasteiger partial charge in [-0.15, -0.1) is 11.3 Å². The fourth-order valence-corrected chi connectivity index (χ4v) is 8.80. The predicted octanol–water partition coefficient (Wildman–Crippen LogP) is 3.21. The number of piperazine rings is 1. The lowest BCUT2D eigenvalue weighted by atomic mass is 9.72. The van der Waals surface area contributed by atoms with Crippen LogP contribution in [0.1, 0.15) is 61.4 Å². The number of carbonyl (C=O) groups is 1. The number of aryl methyl sites for hydroxylation is 1. The summed E-state index contributed by atoms with van der Waals surface area (Å²) in [6.45, 7) is 14.7. The highest BCUT2D eigenvalue weighted by molar-refractivity contribution is 7.16. The zero-order chi connectivity index (χ0) is 32.7. The summed E-state index contributed by atoms with van der Waals surface area (Å²) in [7, 11) is 0. The van der Waals surface area contributed by atoms with Crippen LogP contribution in [0, 0.1) is 11.3 Å². The van der Waals surface area contributed by atoms with E-state index in [2.05, 4.69) is 46.4 Å². The van der Waals surface area contributed by atoms with Crippen molar-refractivity contribution in [3.8, 4) is 17.6 Å². The van der Waals surface area contributed by atoms with Crippen molar-refractivity contribution < 1.29 is 14.1 Å². The number of nitrogen functional groups attached to an aromatic ring is 1. The lowest BCUT2D eigenvalue weighted by molar-refractivity contribution is -0.126. The van der Waals surface area contributed by atoms with Crippen molar-refractivity contribution >= 4 is 34.0 Å². The van der Waals surface area contributed by atoms with Crippen molar-refractivity contribution in [2.45, 2.75) is 63.5 Å². The number of nitrogens with zero attached hydrogens (tertiary/aromatic N) is 9. The Hall–Kier alpha value is -4.06. The van der Waals surface area contributed by atoms with Crippen LogP contribution in [0.25, 0.3) is 11.5 Å². The van der Waals surface area contributed by atoms with E-state index in [1.807, 2.05) is 11.0 Å². The Balaban J connectivity index is 1.23. The standard InChI is InChI=1S/C33H42N10O3S/c1-4-27(44)41-14-12-40(13-15-41)26-17-24(36-32(37-26)43-11-6-10-42(19-21(43)2)22-8-16-45-20-22)30-38-31(46-39-30)33(3)9-5-7-25-28(33)23(18-34)29(35)47-25/h4,17,21-22H,1,5-16,19-20,35H2,2-3H3/t21-,22?,33-/m0/s1. The lowest BCUT2D eigenvalue weighted by Crippen LogP contribution is -2.48. The van der Waals surface area contributed by atoms with E-state index >= 15 is 0 Å². The summed E-state index contributed by atoms with van der Waals surface area (Å²) in [5, 5.41) is 15.0. The molecule has 47 heavy (non-hydrogen) atoms. The average Bonchev–Trinajstić information content (AvgIpc) is 3.84. The molecule has 2 N–H and O–H groups in total. The number of nitriles is 1. The van der Waals surface area contributed by atoms with Crippen LogP contribution in [0.4, 0.5) is 16.8 Å². The number of ether oxygens (including phenoxy) is 1. The van der Waals surface area contributed by atoms with Crippen molar-refractivity contribution in [1.82, 2.24) is 29.9 Å². The van der Waals surface area contributed by atoms with Gasteiger partial charge in [-0.2, -0.15) is 15.2 Å². The normalized spacial score (nSPS) is 25.3. The molecule has 0 bridgehead atoms. The minimum absolute atomic E-state index is 0.0602. The van der Waals surface area contributed by atoms with E-state index in [-0.39, 0.29) is 11.9 Å². The molecule has 3 fully saturated rings. The smallest absolute Gasteiger partial charge is 0.246 e. The van der Waals surface area contributed by atoms with Gasteiger partial charge in [0.1, 0.15) is 22.6 Å². The first kappa shape index (κ1) is 31.5. The Bertz CT molecular complexity index is 1690. The summed E-state index contributed by atoms with van der Waals surface area (Å²) in [6.07, 6.45) is 6.01. The first-order chi connectivity index (χ1) is 22.8. The Labute approximate surface area is 279 Å². The molecule has 0 saturated carbocycles. The van der Waals surface area contributed by atoms with E-state index in [4.69, 9.17) is 29.9 Å². The van der Waals surface area contributed by atoms with Gasteiger partial charge >= 0.3 is 0 Å². The van der Waals surface area contributed by atoms with Crippen LogP contribution in [0.2, 0.25) is 0 Å². The number of thiophene rings is 1. The Morgan fingerprint density at radius 1 is 1.19 bits per heavy atom. The molecule has 3 aliphatic heterocycles. The fraction of sp³-hybridized carbons (Fsp3) is 0.576. The minimum Gasteiger partial charge on any atom is -0.389 e. The van der Waals surface area contributed by atoms with Gasteiger partial charge < -0.3 is 29.7 Å². The highest BCUT2D eigenvalue weighted by atomic mass is 32.1. The van der Waals surface area contributed by atoms with Crippen molar-refractivity contribution in [3.63, 3.8) is 0 Å². The maximum absolute atomic E-state index is 12.3. The van der Waals surface area contributed by atoms with E-state index in [9.17, 15) is 10.1 Å². The number of hydrogen-bond acceptors (Lipinski definition) is 13. The molecule has 7 rings (SSSR count). The summed E-state index contributed by atoms with van der Waals surface area (Å²) >= 11 is 1.48. The van der Waals surface area contributed by atoms with E-state index in [1.165, 1.54) is 17.4 Å². The number of amides is 1. The number of fused-ring (bicyclic) bond motifs is 1. The van der Waals surface area contributed by atoms with Crippen LogP contribution in [0.15, 0.2) is 23.2 Å². The largest absolute Gasteiger partial charge is 0.389 e. The molecule has 0 spiro atoms. The lowest BCUT2D eigenvalue weighted by Gasteiger charge is -2.36. The molecule has 1 unspecified atom stereocenters. The van der Waals surface area contributed by atoms with Crippen molar-refractivity contribution in [2.24, 2.45) is 0 Å². The summed E-state index contributed by atoms with van der Waals surface area (Å²) in [4.78, 5) is 37.4. The summed E-state index contributed by atoms with van der Waals surface area (Å²) in [5.74, 6) is 2.18. The van der Waals surface area contributed by atoms with E-state index in [0.29, 0.717) is 66.1 Å². The molecule has 1 aliphatic carbocycles. The first-order valence-corrected chi connectivity index (χ1v) is 17.4. The van der Waals surface area contributed by atoms with Crippen LogP contribution in [-0.2, 0) is 21.4 Å². The molecule has 248 valence electrons. The molecular weight excluding hydrogens is 616 g/mol. The number of nitrogens with two attached hydrogens (primary N) is 1. The molecule has 1 amide bonds. The third-order valence-electron chi connectivity index (χ3n) is 10.2. The molecular formula is C33H42N10O3S. The third-order valence-corrected chi connectivity index (χ3v) is 11.3. The number of anilines is 3. The molecule has 3 aromatic heterocycles. The van der Waals surface area contributed by atoms with E-state index < -0.39 is 5.41 Å². The van der Waals surface area contributed by atoms with Gasteiger partial charge in [-0.25, -0.2) is 4.98 Å². The molecule has 13 nitrogen and oxygen atoms in total. The maximum atomic E-state index is 12.3. The van der Waals surface area contributed by atoms with Gasteiger partial charge in [0.05, 0.1) is 17.6 Å². The van der Waals surface area contributed by atoms with Crippen LogP contribution < -0.4 is 15.5 Å². The van der Waals surface area contributed by atoms with Gasteiger partial charge in [0, 0.05) is 81.0 Å². The van der Waals surface area contributed by atoms with Crippen LogP contribution in [0.5, 0.6) is 0 Å². The fourth-order valence-electron chi connectivity index (χ4n) is 7.61. The summed E-state index contributed by atoms with van der Waals surface area (Å²) in [6, 6.07) is 4.88. The predicted molar refractivity (Wildman–Crippen MR) is 179 cm³/mol. The SMILES string of the molecule is C=CC(=O)N1CCN(c2cc(-c3noc([C@@]4(C)CCCc5sc(N)c(C#N)c54)n3)nc(N3CCCN(C4CCOC4)C[C@@H]3C)n2)CC1. The summed E-state index contributed by atoms with van der Waals surface area (Å²) in [5.41, 5.74) is 7.64. The Morgan fingerprint density at radius 2 is 2.02 bits per heavy atom. The molecule has 0 radical (unpaired) electrons. The molecule has 6 heterocycles. The molecule has 3 saturated heterocycles. The van der Waals surface area contributed by atoms with Crippen LogP contribution in [-0.4, -0.2) is 107 Å². The zero-order valence-corrected chi connectivity index (χ0v) is 28.0. The molecule has 14 heteroatoms. The minimum atomic E-state index is -0.628. The van der Waals surface area contributed by atoms with E-state index in [1.54, 1.807) is 0 Å². The van der Waals surface area contributed by atoms with Crippen LogP contribution >= 0.6 is 11.3 Å². The van der Waals surface area contributed by atoms with Crippen molar-refractivity contribution in [2.75, 3.05) is 74.6 Å².